The van der Waals surface area contributed by atoms with Crippen LogP contribution in [0.15, 0.2) is 12.7 Å². The fraction of sp³-hybridized carbons (Fsp3) is 0.800. The maximum Gasteiger partial charge on any atom is 0.154 e. The van der Waals surface area contributed by atoms with E-state index in [2.05, 4.69) is 6.58 Å². The normalized spacial score (nSPS) is 17.8. The van der Waals surface area contributed by atoms with Crippen molar-refractivity contribution in [3.05, 3.63) is 12.7 Å². The SMILES string of the molecule is C=CCO[C@H](C)C(C)O[C@@H](O)CC. The molecule has 3 heteroatoms. The summed E-state index contributed by atoms with van der Waals surface area (Å²) in [6.45, 7) is 9.73. The van der Waals surface area contributed by atoms with Crippen LogP contribution in [0.3, 0.4) is 0 Å². The third kappa shape index (κ3) is 5.80. The van der Waals surface area contributed by atoms with Crippen molar-refractivity contribution in [2.45, 2.75) is 45.7 Å². The van der Waals surface area contributed by atoms with Crippen molar-refractivity contribution in [1.82, 2.24) is 0 Å². The van der Waals surface area contributed by atoms with Crippen molar-refractivity contribution in [1.29, 1.82) is 0 Å². The van der Waals surface area contributed by atoms with Crippen LogP contribution in [0.2, 0.25) is 0 Å². The maximum atomic E-state index is 9.20. The highest BCUT2D eigenvalue weighted by molar-refractivity contribution is 4.68. The molecule has 0 aromatic rings. The lowest BCUT2D eigenvalue weighted by molar-refractivity contribution is -0.163. The molecule has 0 aromatic carbocycles. The molecule has 78 valence electrons. The molecule has 0 radical (unpaired) electrons. The van der Waals surface area contributed by atoms with Crippen LogP contribution < -0.4 is 0 Å². The lowest BCUT2D eigenvalue weighted by atomic mass is 10.2. The Kier molecular flexibility index (Phi) is 6.86. The summed E-state index contributed by atoms with van der Waals surface area (Å²) >= 11 is 0. The molecule has 0 spiro atoms. The molecule has 0 saturated heterocycles. The van der Waals surface area contributed by atoms with E-state index in [1.165, 1.54) is 0 Å². The summed E-state index contributed by atoms with van der Waals surface area (Å²) < 4.78 is 10.6. The van der Waals surface area contributed by atoms with E-state index in [9.17, 15) is 5.11 Å². The molecule has 1 unspecified atom stereocenters. The largest absolute Gasteiger partial charge is 0.372 e. The third-order valence-electron chi connectivity index (χ3n) is 1.86. The van der Waals surface area contributed by atoms with Crippen molar-refractivity contribution in [3.8, 4) is 0 Å². The lowest BCUT2D eigenvalue weighted by Gasteiger charge is -2.22. The highest BCUT2D eigenvalue weighted by atomic mass is 16.6. The number of ether oxygens (including phenoxy) is 2. The quantitative estimate of drug-likeness (QED) is 0.488. The maximum absolute atomic E-state index is 9.20. The summed E-state index contributed by atoms with van der Waals surface area (Å²) in [5.41, 5.74) is 0. The molecule has 0 heterocycles. The monoisotopic (exact) mass is 188 g/mol. The Morgan fingerprint density at radius 3 is 2.46 bits per heavy atom. The summed E-state index contributed by atoms with van der Waals surface area (Å²) in [6, 6.07) is 0. The molecule has 0 saturated carbocycles. The standard InChI is InChI=1S/C10H20O3/c1-5-7-12-8(3)9(4)13-10(11)6-2/h5,8-11H,1,6-7H2,2-4H3/t8-,9?,10-/m1/s1. The Morgan fingerprint density at radius 1 is 1.38 bits per heavy atom. The van der Waals surface area contributed by atoms with Crippen LogP contribution in [-0.2, 0) is 9.47 Å². The minimum atomic E-state index is -0.690. The van der Waals surface area contributed by atoms with Crippen LogP contribution >= 0.6 is 0 Å². The summed E-state index contributed by atoms with van der Waals surface area (Å²) in [4.78, 5) is 0. The minimum Gasteiger partial charge on any atom is -0.372 e. The molecule has 0 aliphatic carbocycles. The minimum absolute atomic E-state index is 0.0285. The van der Waals surface area contributed by atoms with Gasteiger partial charge in [-0.2, -0.15) is 0 Å². The molecule has 1 N–H and O–H groups in total. The second-order valence-corrected chi connectivity index (χ2v) is 3.03. The molecule has 0 bridgehead atoms. The van der Waals surface area contributed by atoms with Crippen molar-refractivity contribution in [2.75, 3.05) is 6.61 Å². The van der Waals surface area contributed by atoms with Crippen LogP contribution in [0, 0.1) is 0 Å². The Balaban J connectivity index is 3.67. The molecule has 3 nitrogen and oxygen atoms in total. The second-order valence-electron chi connectivity index (χ2n) is 3.03. The van der Waals surface area contributed by atoms with E-state index in [-0.39, 0.29) is 12.2 Å². The molecular formula is C10H20O3. The summed E-state index contributed by atoms with van der Waals surface area (Å²) in [6.07, 6.45) is 1.47. The zero-order chi connectivity index (χ0) is 10.3. The number of aliphatic hydroxyl groups is 1. The van der Waals surface area contributed by atoms with Gasteiger partial charge in [0.25, 0.3) is 0 Å². The van der Waals surface area contributed by atoms with Gasteiger partial charge in [0.1, 0.15) is 0 Å². The van der Waals surface area contributed by atoms with Gasteiger partial charge in [-0.15, -0.1) is 6.58 Å². The highest BCUT2D eigenvalue weighted by Crippen LogP contribution is 2.06. The fourth-order valence-electron chi connectivity index (χ4n) is 0.810. The smallest absolute Gasteiger partial charge is 0.154 e. The molecule has 3 atom stereocenters. The van der Waals surface area contributed by atoms with Gasteiger partial charge in [0.15, 0.2) is 6.29 Å². The van der Waals surface area contributed by atoms with Crippen molar-refractivity contribution in [3.63, 3.8) is 0 Å². The topological polar surface area (TPSA) is 38.7 Å². The van der Waals surface area contributed by atoms with Gasteiger partial charge in [-0.05, 0) is 20.3 Å². The number of hydrogen-bond donors (Lipinski definition) is 1. The zero-order valence-corrected chi connectivity index (χ0v) is 8.69. The average Bonchev–Trinajstić information content (AvgIpc) is 2.13. The molecule has 0 rings (SSSR count). The molecule has 0 aliphatic rings. The van der Waals surface area contributed by atoms with Crippen LogP contribution in [-0.4, -0.2) is 30.2 Å². The second kappa shape index (κ2) is 7.06. The number of hydrogen-bond acceptors (Lipinski definition) is 3. The molecule has 13 heavy (non-hydrogen) atoms. The van der Waals surface area contributed by atoms with E-state index in [4.69, 9.17) is 9.47 Å². The van der Waals surface area contributed by atoms with Gasteiger partial charge in [-0.1, -0.05) is 13.0 Å². The highest BCUT2D eigenvalue weighted by Gasteiger charge is 2.15. The lowest BCUT2D eigenvalue weighted by Crippen LogP contribution is -2.30. The van der Waals surface area contributed by atoms with E-state index < -0.39 is 6.29 Å². The van der Waals surface area contributed by atoms with E-state index in [0.29, 0.717) is 13.0 Å². The first kappa shape index (κ1) is 12.6. The molecule has 0 aromatic heterocycles. The Bertz CT molecular complexity index is 136. The Morgan fingerprint density at radius 2 is 2.00 bits per heavy atom. The predicted octanol–water partition coefficient (Wildman–Crippen LogP) is 1.71. The molecule has 0 amide bonds. The van der Waals surface area contributed by atoms with Gasteiger partial charge in [-0.3, -0.25) is 0 Å². The summed E-state index contributed by atoms with van der Waals surface area (Å²) in [7, 11) is 0. The third-order valence-corrected chi connectivity index (χ3v) is 1.86. The first-order valence-corrected chi connectivity index (χ1v) is 4.67. The molecule has 0 fully saturated rings. The van der Waals surface area contributed by atoms with Crippen LogP contribution in [0.25, 0.3) is 0 Å². The summed E-state index contributed by atoms with van der Waals surface area (Å²) in [5.74, 6) is 0. The van der Waals surface area contributed by atoms with E-state index in [1.807, 2.05) is 20.8 Å². The van der Waals surface area contributed by atoms with Crippen molar-refractivity contribution >= 4 is 0 Å². The van der Waals surface area contributed by atoms with Gasteiger partial charge < -0.3 is 14.6 Å². The molecule has 0 aliphatic heterocycles. The van der Waals surface area contributed by atoms with E-state index in [0.717, 1.165) is 0 Å². The van der Waals surface area contributed by atoms with Gasteiger partial charge in [-0.25, -0.2) is 0 Å². The van der Waals surface area contributed by atoms with Gasteiger partial charge in [0, 0.05) is 0 Å². The van der Waals surface area contributed by atoms with Crippen molar-refractivity contribution in [2.24, 2.45) is 0 Å². The van der Waals surface area contributed by atoms with Gasteiger partial charge in [0.2, 0.25) is 0 Å². The predicted molar refractivity (Wildman–Crippen MR) is 52.5 cm³/mol. The molecular weight excluding hydrogens is 168 g/mol. The van der Waals surface area contributed by atoms with Gasteiger partial charge >= 0.3 is 0 Å². The van der Waals surface area contributed by atoms with E-state index in [1.54, 1.807) is 6.08 Å². The number of rotatable bonds is 7. The van der Waals surface area contributed by atoms with Crippen molar-refractivity contribution < 1.29 is 14.6 Å². The summed E-state index contributed by atoms with van der Waals surface area (Å²) in [5, 5.41) is 9.20. The zero-order valence-electron chi connectivity index (χ0n) is 8.69. The van der Waals surface area contributed by atoms with Crippen LogP contribution in [0.1, 0.15) is 27.2 Å². The average molecular weight is 188 g/mol. The Hall–Kier alpha value is -0.380. The number of aliphatic hydroxyl groups excluding tert-OH is 1. The van der Waals surface area contributed by atoms with Crippen LogP contribution in [0.5, 0.6) is 0 Å². The Labute approximate surface area is 80.4 Å². The van der Waals surface area contributed by atoms with E-state index >= 15 is 0 Å². The van der Waals surface area contributed by atoms with Crippen LogP contribution in [0.4, 0.5) is 0 Å². The first-order valence-electron chi connectivity index (χ1n) is 4.67. The van der Waals surface area contributed by atoms with Gasteiger partial charge in [0.05, 0.1) is 18.8 Å². The fourth-order valence-corrected chi connectivity index (χ4v) is 0.810. The first-order chi connectivity index (χ1) is 6.11.